The molecule has 0 saturated carbocycles. The fraction of sp³-hybridized carbons (Fsp3) is 0.867. The Morgan fingerprint density at radius 1 is 1.43 bits per heavy atom. The SMILES string of the molecule is CCC(C)(C(=O)N1CCC2C(CCCN2C)C1)C(N)=NO. The number of hydrogen-bond acceptors (Lipinski definition) is 4. The van der Waals surface area contributed by atoms with Crippen LogP contribution in [0.2, 0.25) is 0 Å². The predicted molar refractivity (Wildman–Crippen MR) is 82.1 cm³/mol. The molecule has 2 aliphatic rings. The van der Waals surface area contributed by atoms with Gasteiger partial charge in [-0.05, 0) is 52.1 Å². The minimum absolute atomic E-state index is 0.00743. The third kappa shape index (κ3) is 2.86. The fourth-order valence-corrected chi connectivity index (χ4v) is 3.74. The molecular weight excluding hydrogens is 268 g/mol. The Bertz CT molecular complexity index is 426. The van der Waals surface area contributed by atoms with Crippen molar-refractivity contribution < 1.29 is 10.0 Å². The highest BCUT2D eigenvalue weighted by Gasteiger charge is 2.43. The number of carbonyl (C=O) groups is 1. The Labute approximate surface area is 127 Å². The highest BCUT2D eigenvalue weighted by Crippen LogP contribution is 2.32. The molecule has 6 heteroatoms. The maximum atomic E-state index is 12.8. The molecule has 0 aromatic rings. The molecule has 6 nitrogen and oxygen atoms in total. The fourth-order valence-electron chi connectivity index (χ4n) is 3.74. The van der Waals surface area contributed by atoms with E-state index < -0.39 is 5.41 Å². The Balaban J connectivity index is 2.11. The number of hydrogen-bond donors (Lipinski definition) is 2. The number of nitrogens with two attached hydrogens (primary N) is 1. The maximum Gasteiger partial charge on any atom is 0.236 e. The Morgan fingerprint density at radius 3 is 2.76 bits per heavy atom. The van der Waals surface area contributed by atoms with Crippen LogP contribution >= 0.6 is 0 Å². The lowest BCUT2D eigenvalue weighted by molar-refractivity contribution is -0.141. The zero-order chi connectivity index (χ0) is 15.6. The van der Waals surface area contributed by atoms with Gasteiger partial charge in [0.05, 0.1) is 0 Å². The summed E-state index contributed by atoms with van der Waals surface area (Å²) in [6.45, 7) is 6.38. The van der Waals surface area contributed by atoms with E-state index >= 15 is 0 Å². The van der Waals surface area contributed by atoms with Crippen molar-refractivity contribution in [3.05, 3.63) is 0 Å². The summed E-state index contributed by atoms with van der Waals surface area (Å²) in [4.78, 5) is 17.2. The molecule has 2 heterocycles. The second-order valence-corrected chi connectivity index (χ2v) is 6.66. The molecule has 2 fully saturated rings. The summed E-state index contributed by atoms with van der Waals surface area (Å²) >= 11 is 0. The Hall–Kier alpha value is -1.30. The van der Waals surface area contributed by atoms with Crippen molar-refractivity contribution in [3.63, 3.8) is 0 Å². The van der Waals surface area contributed by atoms with E-state index in [1.807, 2.05) is 11.8 Å². The topological polar surface area (TPSA) is 82.2 Å². The largest absolute Gasteiger partial charge is 0.409 e. The van der Waals surface area contributed by atoms with Gasteiger partial charge in [0, 0.05) is 19.1 Å². The summed E-state index contributed by atoms with van der Waals surface area (Å²) in [5, 5.41) is 12.0. The van der Waals surface area contributed by atoms with Crippen molar-refractivity contribution in [2.45, 2.75) is 45.6 Å². The number of likely N-dealkylation sites (tertiary alicyclic amines) is 2. The van der Waals surface area contributed by atoms with Crippen LogP contribution in [0, 0.1) is 11.3 Å². The van der Waals surface area contributed by atoms with Crippen molar-refractivity contribution in [1.29, 1.82) is 0 Å². The van der Waals surface area contributed by atoms with Crippen molar-refractivity contribution in [2.24, 2.45) is 22.2 Å². The van der Waals surface area contributed by atoms with E-state index in [2.05, 4.69) is 17.1 Å². The second kappa shape index (κ2) is 6.22. The zero-order valence-electron chi connectivity index (χ0n) is 13.4. The van der Waals surface area contributed by atoms with E-state index in [0.29, 0.717) is 18.4 Å². The van der Waals surface area contributed by atoms with Crippen LogP contribution < -0.4 is 5.73 Å². The third-order valence-corrected chi connectivity index (χ3v) is 5.49. The molecule has 2 saturated heterocycles. The molecule has 3 atom stereocenters. The van der Waals surface area contributed by atoms with E-state index in [-0.39, 0.29) is 11.7 Å². The first-order valence-corrected chi connectivity index (χ1v) is 7.91. The Morgan fingerprint density at radius 2 is 2.14 bits per heavy atom. The molecule has 0 aromatic carbocycles. The number of oxime groups is 1. The van der Waals surface area contributed by atoms with Gasteiger partial charge in [-0.25, -0.2) is 0 Å². The molecule has 21 heavy (non-hydrogen) atoms. The first-order valence-electron chi connectivity index (χ1n) is 7.91. The number of fused-ring (bicyclic) bond motifs is 1. The minimum Gasteiger partial charge on any atom is -0.409 e. The highest BCUT2D eigenvalue weighted by molar-refractivity contribution is 6.06. The number of amides is 1. The lowest BCUT2D eigenvalue weighted by atomic mass is 9.80. The molecule has 0 spiro atoms. The first-order chi connectivity index (χ1) is 9.93. The van der Waals surface area contributed by atoms with Gasteiger partial charge in [0.15, 0.2) is 5.84 Å². The van der Waals surface area contributed by atoms with Crippen LogP contribution in [0.25, 0.3) is 0 Å². The normalized spacial score (nSPS) is 30.6. The van der Waals surface area contributed by atoms with Crippen LogP contribution in [-0.2, 0) is 4.79 Å². The summed E-state index contributed by atoms with van der Waals surface area (Å²) in [7, 11) is 2.18. The van der Waals surface area contributed by atoms with Crippen LogP contribution in [0.4, 0.5) is 0 Å². The van der Waals surface area contributed by atoms with Gasteiger partial charge in [-0.3, -0.25) is 4.79 Å². The average molecular weight is 296 g/mol. The molecule has 2 aliphatic heterocycles. The van der Waals surface area contributed by atoms with Gasteiger partial charge in [0.2, 0.25) is 5.91 Å². The maximum absolute atomic E-state index is 12.8. The van der Waals surface area contributed by atoms with Crippen molar-refractivity contribution >= 4 is 11.7 Å². The van der Waals surface area contributed by atoms with Gasteiger partial charge < -0.3 is 20.7 Å². The molecule has 1 amide bonds. The molecule has 3 N–H and O–H groups in total. The van der Waals surface area contributed by atoms with Gasteiger partial charge in [-0.15, -0.1) is 0 Å². The van der Waals surface area contributed by atoms with Gasteiger partial charge in [0.1, 0.15) is 5.41 Å². The summed E-state index contributed by atoms with van der Waals surface area (Å²) in [5.74, 6) is 0.555. The first kappa shape index (κ1) is 16.1. The monoisotopic (exact) mass is 296 g/mol. The number of piperidine rings is 2. The molecule has 0 radical (unpaired) electrons. The predicted octanol–water partition coefficient (Wildman–Crippen LogP) is 1.09. The number of nitrogens with zero attached hydrogens (tertiary/aromatic N) is 3. The molecular formula is C15H28N4O2. The number of rotatable bonds is 3. The van der Waals surface area contributed by atoms with Gasteiger partial charge >= 0.3 is 0 Å². The Kier molecular flexibility index (Phi) is 4.76. The lowest BCUT2D eigenvalue weighted by Gasteiger charge is -2.47. The van der Waals surface area contributed by atoms with E-state index in [0.717, 1.165) is 26.1 Å². The van der Waals surface area contributed by atoms with Crippen LogP contribution in [0.3, 0.4) is 0 Å². The summed E-state index contributed by atoms with van der Waals surface area (Å²) in [6.07, 6.45) is 3.94. The van der Waals surface area contributed by atoms with Crippen LogP contribution in [-0.4, -0.2) is 59.5 Å². The van der Waals surface area contributed by atoms with Gasteiger partial charge in [0.25, 0.3) is 0 Å². The smallest absolute Gasteiger partial charge is 0.236 e. The molecule has 2 rings (SSSR count). The molecule has 3 unspecified atom stereocenters. The van der Waals surface area contributed by atoms with Gasteiger partial charge in [-0.2, -0.15) is 0 Å². The number of carbonyl (C=O) groups excluding carboxylic acids is 1. The molecule has 0 aromatic heterocycles. The molecule has 0 aliphatic carbocycles. The highest BCUT2D eigenvalue weighted by atomic mass is 16.4. The van der Waals surface area contributed by atoms with E-state index in [4.69, 9.17) is 10.9 Å². The average Bonchev–Trinajstić information content (AvgIpc) is 2.52. The van der Waals surface area contributed by atoms with E-state index in [1.54, 1.807) is 6.92 Å². The van der Waals surface area contributed by atoms with Crippen molar-refractivity contribution in [2.75, 3.05) is 26.7 Å². The summed E-state index contributed by atoms with van der Waals surface area (Å²) in [5.41, 5.74) is 4.87. The summed E-state index contributed by atoms with van der Waals surface area (Å²) in [6, 6.07) is 0.597. The molecule has 120 valence electrons. The summed E-state index contributed by atoms with van der Waals surface area (Å²) < 4.78 is 0. The van der Waals surface area contributed by atoms with Gasteiger partial charge in [-0.1, -0.05) is 12.1 Å². The number of amidine groups is 1. The van der Waals surface area contributed by atoms with E-state index in [1.165, 1.54) is 12.8 Å². The lowest BCUT2D eigenvalue weighted by Crippen LogP contribution is -2.57. The van der Waals surface area contributed by atoms with Crippen LogP contribution in [0.15, 0.2) is 5.16 Å². The quantitative estimate of drug-likeness (QED) is 0.353. The molecule has 0 bridgehead atoms. The van der Waals surface area contributed by atoms with Crippen molar-refractivity contribution in [3.8, 4) is 0 Å². The second-order valence-electron chi connectivity index (χ2n) is 6.66. The van der Waals surface area contributed by atoms with Crippen LogP contribution in [0.5, 0.6) is 0 Å². The third-order valence-electron chi connectivity index (χ3n) is 5.49. The van der Waals surface area contributed by atoms with Crippen molar-refractivity contribution in [1.82, 2.24) is 9.80 Å². The minimum atomic E-state index is -0.901. The van der Waals surface area contributed by atoms with Crippen LogP contribution in [0.1, 0.15) is 39.5 Å². The zero-order valence-corrected chi connectivity index (χ0v) is 13.4. The van der Waals surface area contributed by atoms with E-state index in [9.17, 15) is 4.79 Å². The standard InChI is InChI=1S/C15H28N4O2/c1-4-15(2,13(16)17-21)14(20)19-9-7-12-11(10-19)6-5-8-18(12)3/h11-12,21H,4-10H2,1-3H3,(H2,16,17).